The highest BCUT2D eigenvalue weighted by Crippen LogP contribution is 2.32. The highest BCUT2D eigenvalue weighted by atomic mass is 16.5. The number of benzene rings is 1. The van der Waals surface area contributed by atoms with Crippen LogP contribution in [-0.2, 0) is 17.8 Å². The topological polar surface area (TPSA) is 52.8 Å². The standard InChI is InChI=1S/C28H38N2O3/c1-6-21(14-20(3)29-4)17-30-18-25(15-22(7-2)28(30)31)23-12-13-24(19-32-5)27(16-23)33-26-10-8-9-11-26/h12-13,15-18,26H,6-11,14,19H2,1-5H3/b21-17+,29-20?. The van der Waals surface area contributed by atoms with Gasteiger partial charge in [0.25, 0.3) is 5.56 Å². The van der Waals surface area contributed by atoms with Gasteiger partial charge in [-0.1, -0.05) is 26.0 Å². The third-order valence-electron chi connectivity index (χ3n) is 6.43. The summed E-state index contributed by atoms with van der Waals surface area (Å²) >= 11 is 0. The van der Waals surface area contributed by atoms with Crippen LogP contribution in [0.4, 0.5) is 0 Å². The molecule has 0 aliphatic heterocycles. The summed E-state index contributed by atoms with van der Waals surface area (Å²) in [6.07, 6.45) is 11.2. The lowest BCUT2D eigenvalue weighted by Crippen LogP contribution is -2.20. The van der Waals surface area contributed by atoms with Crippen molar-refractivity contribution >= 4 is 11.9 Å². The summed E-state index contributed by atoms with van der Waals surface area (Å²) < 4.78 is 13.5. The van der Waals surface area contributed by atoms with Crippen molar-refractivity contribution in [1.29, 1.82) is 0 Å². The zero-order valence-corrected chi connectivity index (χ0v) is 20.8. The first-order valence-electron chi connectivity index (χ1n) is 12.1. The summed E-state index contributed by atoms with van der Waals surface area (Å²) in [6, 6.07) is 8.30. The molecule has 2 aromatic rings. The van der Waals surface area contributed by atoms with Gasteiger partial charge in [-0.05, 0) is 74.3 Å². The number of rotatable bonds is 10. The summed E-state index contributed by atoms with van der Waals surface area (Å²) in [5, 5.41) is 0. The van der Waals surface area contributed by atoms with Crippen molar-refractivity contribution in [3.05, 3.63) is 57.5 Å². The van der Waals surface area contributed by atoms with E-state index in [4.69, 9.17) is 9.47 Å². The van der Waals surface area contributed by atoms with Crippen molar-refractivity contribution < 1.29 is 9.47 Å². The molecule has 0 bridgehead atoms. The molecule has 0 amide bonds. The molecule has 0 radical (unpaired) electrons. The number of hydrogen-bond donors (Lipinski definition) is 0. The van der Waals surface area contributed by atoms with Gasteiger partial charge in [-0.3, -0.25) is 14.4 Å². The molecule has 1 aliphatic rings. The molecule has 1 aromatic carbocycles. The summed E-state index contributed by atoms with van der Waals surface area (Å²) in [7, 11) is 3.52. The van der Waals surface area contributed by atoms with Gasteiger partial charge in [-0.15, -0.1) is 0 Å². The normalized spacial score (nSPS) is 15.3. The van der Waals surface area contributed by atoms with Crippen LogP contribution in [0.15, 0.2) is 45.8 Å². The molecule has 33 heavy (non-hydrogen) atoms. The number of aliphatic imine (C=N–C) groups is 1. The van der Waals surface area contributed by atoms with Crippen molar-refractivity contribution in [2.45, 2.75) is 78.4 Å². The molecule has 3 rings (SSSR count). The molecule has 1 heterocycles. The molecular formula is C28H38N2O3. The maximum Gasteiger partial charge on any atom is 0.257 e. The van der Waals surface area contributed by atoms with Gasteiger partial charge in [0.1, 0.15) is 5.75 Å². The fourth-order valence-corrected chi connectivity index (χ4v) is 4.34. The Balaban J connectivity index is 2.04. The van der Waals surface area contributed by atoms with E-state index in [0.29, 0.717) is 13.0 Å². The van der Waals surface area contributed by atoms with Gasteiger partial charge in [0.05, 0.1) is 12.7 Å². The monoisotopic (exact) mass is 450 g/mol. The van der Waals surface area contributed by atoms with Crippen LogP contribution in [0.25, 0.3) is 17.3 Å². The predicted molar refractivity (Wildman–Crippen MR) is 137 cm³/mol. The number of aryl methyl sites for hydroxylation is 1. The molecule has 0 saturated heterocycles. The van der Waals surface area contributed by atoms with E-state index in [1.165, 1.54) is 18.4 Å². The van der Waals surface area contributed by atoms with Crippen molar-refractivity contribution in [2.24, 2.45) is 4.99 Å². The first kappa shape index (κ1) is 25.0. The number of methoxy groups -OCH3 is 1. The molecule has 5 nitrogen and oxygen atoms in total. The van der Waals surface area contributed by atoms with E-state index < -0.39 is 0 Å². The quantitative estimate of drug-likeness (QED) is 0.401. The lowest BCUT2D eigenvalue weighted by atomic mass is 10.0. The van der Waals surface area contributed by atoms with Crippen molar-refractivity contribution in [2.75, 3.05) is 14.2 Å². The van der Waals surface area contributed by atoms with E-state index in [1.54, 1.807) is 11.7 Å². The second-order valence-electron chi connectivity index (χ2n) is 8.88. The summed E-state index contributed by atoms with van der Waals surface area (Å²) in [5.74, 6) is 0.886. The Bertz CT molecular complexity index is 1060. The van der Waals surface area contributed by atoms with Crippen LogP contribution in [0.2, 0.25) is 0 Å². The minimum Gasteiger partial charge on any atom is -0.490 e. The van der Waals surface area contributed by atoms with E-state index in [1.807, 2.05) is 39.4 Å². The largest absolute Gasteiger partial charge is 0.490 e. The minimum atomic E-state index is 0.0386. The van der Waals surface area contributed by atoms with E-state index in [2.05, 4.69) is 30.1 Å². The van der Waals surface area contributed by atoms with Gasteiger partial charge >= 0.3 is 0 Å². The van der Waals surface area contributed by atoms with Crippen LogP contribution >= 0.6 is 0 Å². The Hall–Kier alpha value is -2.66. The van der Waals surface area contributed by atoms with E-state index in [9.17, 15) is 4.79 Å². The lowest BCUT2D eigenvalue weighted by Gasteiger charge is -2.18. The molecule has 0 atom stereocenters. The molecule has 1 aliphatic carbocycles. The predicted octanol–water partition coefficient (Wildman–Crippen LogP) is 6.28. The highest BCUT2D eigenvalue weighted by molar-refractivity contribution is 5.84. The average molecular weight is 451 g/mol. The average Bonchev–Trinajstić information content (AvgIpc) is 3.34. The van der Waals surface area contributed by atoms with Crippen molar-refractivity contribution in [3.63, 3.8) is 0 Å². The maximum absolute atomic E-state index is 13.1. The van der Waals surface area contributed by atoms with E-state index in [0.717, 1.165) is 59.4 Å². The Morgan fingerprint density at radius 1 is 1.15 bits per heavy atom. The summed E-state index contributed by atoms with van der Waals surface area (Å²) in [6.45, 7) is 6.68. The lowest BCUT2D eigenvalue weighted by molar-refractivity contribution is 0.169. The van der Waals surface area contributed by atoms with Crippen molar-refractivity contribution in [3.8, 4) is 16.9 Å². The van der Waals surface area contributed by atoms with E-state index >= 15 is 0 Å². The third-order valence-corrected chi connectivity index (χ3v) is 6.43. The van der Waals surface area contributed by atoms with Crippen LogP contribution in [0.5, 0.6) is 5.75 Å². The molecule has 178 valence electrons. The fourth-order valence-electron chi connectivity index (χ4n) is 4.34. The first-order valence-corrected chi connectivity index (χ1v) is 12.1. The molecule has 0 spiro atoms. The Labute approximate surface area is 198 Å². The Morgan fingerprint density at radius 2 is 1.91 bits per heavy atom. The number of hydrogen-bond acceptors (Lipinski definition) is 4. The minimum absolute atomic E-state index is 0.0386. The van der Waals surface area contributed by atoms with Crippen LogP contribution in [0.3, 0.4) is 0 Å². The van der Waals surface area contributed by atoms with Gasteiger partial charge in [0.15, 0.2) is 0 Å². The SMILES string of the molecule is CC/C(=C\n1cc(-c2ccc(COC)c(OC3CCCC3)c2)cc(CC)c1=O)CC(C)=NC. The van der Waals surface area contributed by atoms with Crippen LogP contribution in [0.1, 0.15) is 70.4 Å². The summed E-state index contributed by atoms with van der Waals surface area (Å²) in [5.41, 5.74) is 6.20. The molecule has 1 aromatic heterocycles. The number of ether oxygens (including phenoxy) is 2. The third kappa shape index (κ3) is 6.44. The summed E-state index contributed by atoms with van der Waals surface area (Å²) in [4.78, 5) is 17.4. The molecule has 0 N–H and O–H groups in total. The second kappa shape index (κ2) is 12.0. The zero-order chi connectivity index (χ0) is 23.8. The van der Waals surface area contributed by atoms with Gasteiger partial charge in [0.2, 0.25) is 0 Å². The van der Waals surface area contributed by atoms with Crippen LogP contribution < -0.4 is 10.3 Å². The van der Waals surface area contributed by atoms with Gasteiger partial charge in [0, 0.05) is 49.8 Å². The van der Waals surface area contributed by atoms with Gasteiger partial charge in [-0.25, -0.2) is 0 Å². The molecule has 1 saturated carbocycles. The molecule has 5 heteroatoms. The van der Waals surface area contributed by atoms with Gasteiger partial charge in [-0.2, -0.15) is 0 Å². The molecular weight excluding hydrogens is 412 g/mol. The Kier molecular flexibility index (Phi) is 9.07. The number of allylic oxidation sites excluding steroid dienone is 1. The zero-order valence-electron chi connectivity index (χ0n) is 20.8. The van der Waals surface area contributed by atoms with Crippen LogP contribution in [0, 0.1) is 0 Å². The second-order valence-corrected chi connectivity index (χ2v) is 8.88. The fraction of sp³-hybridized carbons (Fsp3) is 0.500. The highest BCUT2D eigenvalue weighted by Gasteiger charge is 2.19. The van der Waals surface area contributed by atoms with E-state index in [-0.39, 0.29) is 11.7 Å². The number of nitrogens with zero attached hydrogens (tertiary/aromatic N) is 2. The van der Waals surface area contributed by atoms with Crippen LogP contribution in [-0.4, -0.2) is 30.5 Å². The first-order chi connectivity index (χ1) is 16.0. The number of pyridine rings is 1. The smallest absolute Gasteiger partial charge is 0.257 e. The number of aromatic nitrogens is 1. The molecule has 0 unspecified atom stereocenters. The van der Waals surface area contributed by atoms with Gasteiger partial charge < -0.3 is 9.47 Å². The Morgan fingerprint density at radius 3 is 2.55 bits per heavy atom. The van der Waals surface area contributed by atoms with Crippen molar-refractivity contribution in [1.82, 2.24) is 4.57 Å². The maximum atomic E-state index is 13.1. The molecule has 1 fully saturated rings.